The van der Waals surface area contributed by atoms with Crippen LogP contribution in [0.2, 0.25) is 0 Å². The van der Waals surface area contributed by atoms with Crippen molar-refractivity contribution < 1.29 is 4.74 Å². The first-order valence-electron chi connectivity index (χ1n) is 15.5. The fourth-order valence-electron chi connectivity index (χ4n) is 8.61. The van der Waals surface area contributed by atoms with E-state index in [-0.39, 0.29) is 6.85 Å². The van der Waals surface area contributed by atoms with Gasteiger partial charge in [0.25, 0.3) is 0 Å². The third-order valence-corrected chi connectivity index (χ3v) is 11.4. The third-order valence-electron chi connectivity index (χ3n) is 10.3. The van der Waals surface area contributed by atoms with Gasteiger partial charge in [0, 0.05) is 53.2 Å². The largest absolute Gasteiger partial charge is 0.453 e. The predicted octanol–water partition coefficient (Wildman–Crippen LogP) is 9.84. The highest BCUT2D eigenvalue weighted by Gasteiger charge is 2.46. The van der Waals surface area contributed by atoms with Crippen molar-refractivity contribution in [2.75, 3.05) is 4.90 Å². The Hall–Kier alpha value is -5.52. The Balaban J connectivity index is 1.35. The van der Waals surface area contributed by atoms with Gasteiger partial charge in [-0.2, -0.15) is 0 Å². The molecule has 12 rings (SSSR count). The molecule has 0 amide bonds. The maximum atomic E-state index is 6.64. The Labute approximate surface area is 262 Å². The summed E-state index contributed by atoms with van der Waals surface area (Å²) in [6.45, 7) is -0.00538. The molecule has 0 radical (unpaired) electrons. The predicted molar refractivity (Wildman–Crippen MR) is 190 cm³/mol. The van der Waals surface area contributed by atoms with Gasteiger partial charge in [0.1, 0.15) is 0 Å². The molecule has 45 heavy (non-hydrogen) atoms. The summed E-state index contributed by atoms with van der Waals surface area (Å²) in [4.78, 5) is 2.48. The van der Waals surface area contributed by atoms with Crippen LogP contribution in [0, 0.1) is 0 Å². The molecule has 0 N–H and O–H groups in total. The van der Waals surface area contributed by atoms with Crippen molar-refractivity contribution >= 4 is 98.9 Å². The van der Waals surface area contributed by atoms with Crippen molar-refractivity contribution in [1.82, 2.24) is 4.48 Å². The minimum absolute atomic E-state index is 0.00538. The van der Waals surface area contributed by atoms with Crippen molar-refractivity contribution in [2.45, 2.75) is 0 Å². The normalized spacial score (nSPS) is 13.9. The Morgan fingerprint density at radius 3 is 2.33 bits per heavy atom. The number of fused-ring (bicyclic) bond motifs is 14. The van der Waals surface area contributed by atoms with E-state index in [4.69, 9.17) is 4.74 Å². The Kier molecular flexibility index (Phi) is 3.96. The van der Waals surface area contributed by atoms with Crippen molar-refractivity contribution in [3.8, 4) is 22.6 Å². The first-order chi connectivity index (χ1) is 22.3. The highest BCUT2D eigenvalue weighted by Crippen LogP contribution is 2.55. The molecular weight excluding hydrogens is 567 g/mol. The summed E-state index contributed by atoms with van der Waals surface area (Å²) in [6, 6.07) is 47.0. The molecule has 2 aromatic heterocycles. The number of rotatable bonds is 0. The standard InChI is InChI=1S/C40H21BN2OS/c1-2-10-23-20-30-27(19-22(23)9-1)24-12-7-13-26-37-36-25-11-3-6-18-34(25)45-35(36)21-31-38(37)41(43(30)39(24)26)28-14-8-17-33-40(28)42(31)29-15-4-5-16-32(29)44-33/h1-21H. The smallest absolute Gasteiger partial charge is 0.333 e. The zero-order chi connectivity index (χ0) is 29.0. The number of benzene rings is 7. The first kappa shape index (κ1) is 22.9. The van der Waals surface area contributed by atoms with Crippen molar-refractivity contribution in [2.24, 2.45) is 0 Å². The van der Waals surface area contributed by atoms with E-state index < -0.39 is 0 Å². The fraction of sp³-hybridized carbons (Fsp3) is 0. The maximum Gasteiger partial charge on any atom is 0.333 e. The Bertz CT molecular complexity index is 2830. The van der Waals surface area contributed by atoms with Crippen LogP contribution in [0.3, 0.4) is 0 Å². The minimum atomic E-state index is -0.00538. The second kappa shape index (κ2) is 7.76. The molecule has 5 heteroatoms. The van der Waals surface area contributed by atoms with Crippen LogP contribution >= 0.6 is 11.3 Å². The molecule has 0 atom stereocenters. The van der Waals surface area contributed by atoms with Crippen LogP contribution in [-0.4, -0.2) is 11.3 Å². The SMILES string of the molecule is c1ccc2c(c1)Oc1cccc3c1N2c1cc2sc4ccccc4c2c2c1B3n1c3cc4ccccc4cc3c3cccc-2c31. The second-order valence-corrected chi connectivity index (χ2v) is 13.5. The number of hydrogen-bond acceptors (Lipinski definition) is 3. The topological polar surface area (TPSA) is 17.4 Å². The van der Waals surface area contributed by atoms with Gasteiger partial charge in [-0.3, -0.25) is 0 Å². The van der Waals surface area contributed by atoms with Gasteiger partial charge in [0.15, 0.2) is 11.5 Å². The van der Waals surface area contributed by atoms with Crippen molar-refractivity contribution in [3.63, 3.8) is 0 Å². The Morgan fingerprint density at radius 2 is 1.38 bits per heavy atom. The maximum absolute atomic E-state index is 6.64. The second-order valence-electron chi connectivity index (χ2n) is 12.4. The lowest BCUT2D eigenvalue weighted by molar-refractivity contribution is 0.477. The quantitative estimate of drug-likeness (QED) is 0.164. The van der Waals surface area contributed by atoms with Gasteiger partial charge >= 0.3 is 6.85 Å². The summed E-state index contributed by atoms with van der Waals surface area (Å²) in [5.41, 5.74) is 11.4. The fourth-order valence-corrected chi connectivity index (χ4v) is 9.76. The number of aromatic nitrogens is 1. The molecule has 0 saturated carbocycles. The van der Waals surface area contributed by atoms with Crippen LogP contribution in [0.15, 0.2) is 127 Å². The minimum Gasteiger partial charge on any atom is -0.453 e. The Morgan fingerprint density at radius 1 is 0.600 bits per heavy atom. The lowest BCUT2D eigenvalue weighted by Gasteiger charge is -2.43. The van der Waals surface area contributed by atoms with Gasteiger partial charge < -0.3 is 14.1 Å². The van der Waals surface area contributed by atoms with Crippen LogP contribution in [0.4, 0.5) is 17.1 Å². The van der Waals surface area contributed by atoms with Gasteiger partial charge in [-0.1, -0.05) is 84.9 Å². The highest BCUT2D eigenvalue weighted by molar-refractivity contribution is 7.26. The zero-order valence-electron chi connectivity index (χ0n) is 23.9. The lowest BCUT2D eigenvalue weighted by Crippen LogP contribution is -2.57. The van der Waals surface area contributed by atoms with E-state index in [0.717, 1.165) is 22.9 Å². The van der Waals surface area contributed by atoms with E-state index in [0.29, 0.717) is 0 Å². The van der Waals surface area contributed by atoms with Gasteiger partial charge in [0.05, 0.1) is 11.4 Å². The molecule has 0 aliphatic carbocycles. The van der Waals surface area contributed by atoms with Crippen molar-refractivity contribution in [1.29, 1.82) is 0 Å². The van der Waals surface area contributed by atoms with E-state index in [1.54, 1.807) is 0 Å². The molecule has 3 nitrogen and oxygen atoms in total. The monoisotopic (exact) mass is 588 g/mol. The third kappa shape index (κ3) is 2.63. The number of anilines is 3. The van der Waals surface area contributed by atoms with Gasteiger partial charge in [-0.25, -0.2) is 0 Å². The number of hydrogen-bond donors (Lipinski definition) is 0. The van der Waals surface area contributed by atoms with E-state index in [9.17, 15) is 0 Å². The number of thiophene rings is 1. The van der Waals surface area contributed by atoms with Crippen LogP contribution in [0.5, 0.6) is 11.5 Å². The number of ether oxygens (including phenoxy) is 1. The summed E-state index contributed by atoms with van der Waals surface area (Å²) in [6.07, 6.45) is 0. The molecular formula is C40H21BN2OS. The molecule has 0 spiro atoms. The first-order valence-corrected chi connectivity index (χ1v) is 16.3. The van der Waals surface area contributed by atoms with Crippen LogP contribution in [0.25, 0.3) is 63.9 Å². The van der Waals surface area contributed by atoms with E-state index in [1.807, 2.05) is 11.3 Å². The molecule has 7 aromatic carbocycles. The zero-order valence-corrected chi connectivity index (χ0v) is 24.7. The average molecular weight is 589 g/mol. The van der Waals surface area contributed by atoms with Gasteiger partial charge in [0.2, 0.25) is 0 Å². The average Bonchev–Trinajstić information content (AvgIpc) is 3.62. The summed E-state index contributed by atoms with van der Waals surface area (Å²) in [7, 11) is 0. The number of nitrogens with zero attached hydrogens (tertiary/aromatic N) is 2. The molecule has 0 bridgehead atoms. The van der Waals surface area contributed by atoms with E-state index >= 15 is 0 Å². The number of para-hydroxylation sites is 4. The molecule has 0 fully saturated rings. The van der Waals surface area contributed by atoms with Crippen LogP contribution in [0.1, 0.15) is 0 Å². The summed E-state index contributed by atoms with van der Waals surface area (Å²) in [5.74, 6) is 1.80. The molecule has 0 saturated heterocycles. The molecule has 206 valence electrons. The molecule has 9 aromatic rings. The molecule has 5 heterocycles. The summed E-state index contributed by atoms with van der Waals surface area (Å²) >= 11 is 1.90. The van der Waals surface area contributed by atoms with E-state index in [1.165, 1.54) is 80.5 Å². The van der Waals surface area contributed by atoms with Crippen LogP contribution in [-0.2, 0) is 0 Å². The van der Waals surface area contributed by atoms with Crippen molar-refractivity contribution in [3.05, 3.63) is 127 Å². The molecule has 3 aliphatic heterocycles. The van der Waals surface area contributed by atoms with E-state index in [2.05, 4.69) is 137 Å². The summed E-state index contributed by atoms with van der Waals surface area (Å²) < 4.78 is 11.9. The lowest BCUT2D eigenvalue weighted by atomic mass is 9.44. The highest BCUT2D eigenvalue weighted by atomic mass is 32.1. The van der Waals surface area contributed by atoms with Crippen LogP contribution < -0.4 is 20.6 Å². The van der Waals surface area contributed by atoms with Gasteiger partial charge in [-0.15, -0.1) is 11.3 Å². The molecule has 0 unspecified atom stereocenters. The molecule has 3 aliphatic rings. The van der Waals surface area contributed by atoms with Gasteiger partial charge in [-0.05, 0) is 69.7 Å². The summed E-state index contributed by atoms with van der Waals surface area (Å²) in [5, 5.41) is 7.86.